The molecule has 3 heterocycles. The highest BCUT2D eigenvalue weighted by atomic mass is 32.1. The van der Waals surface area contributed by atoms with E-state index in [2.05, 4.69) is 19.9 Å². The molecule has 0 saturated carbocycles. The number of fused-ring (bicyclic) bond motifs is 1. The first-order valence-electron chi connectivity index (χ1n) is 10.3. The number of rotatable bonds is 7. The molecule has 0 bridgehead atoms. The van der Waals surface area contributed by atoms with Gasteiger partial charge >= 0.3 is 11.7 Å². The lowest BCUT2D eigenvalue weighted by molar-refractivity contribution is 0.289. The van der Waals surface area contributed by atoms with Gasteiger partial charge in [-0.1, -0.05) is 0 Å². The number of ether oxygens (including phenoxy) is 1. The Balaban J connectivity index is 1.57. The summed E-state index contributed by atoms with van der Waals surface area (Å²) in [5.41, 5.74) is 2.30. The Labute approximate surface area is 188 Å². The van der Waals surface area contributed by atoms with Gasteiger partial charge in [0.15, 0.2) is 23.2 Å². The van der Waals surface area contributed by atoms with E-state index in [0.717, 1.165) is 11.3 Å². The van der Waals surface area contributed by atoms with E-state index in [1.165, 1.54) is 12.1 Å². The van der Waals surface area contributed by atoms with E-state index in [0.29, 0.717) is 48.4 Å². The number of hydrogen-bond donors (Lipinski definition) is 0. The molecule has 1 aliphatic heterocycles. The molecule has 0 amide bonds. The normalized spacial score (nSPS) is 16.4. The second-order valence-corrected chi connectivity index (χ2v) is 8.57. The number of anilines is 1. The van der Waals surface area contributed by atoms with Crippen molar-refractivity contribution < 1.29 is 17.7 Å². The summed E-state index contributed by atoms with van der Waals surface area (Å²) in [7, 11) is 0. The zero-order chi connectivity index (χ0) is 22.7. The van der Waals surface area contributed by atoms with Crippen LogP contribution in [0.2, 0.25) is 0 Å². The van der Waals surface area contributed by atoms with E-state index in [1.54, 1.807) is 31.6 Å². The summed E-state index contributed by atoms with van der Waals surface area (Å²) in [4.78, 5) is 19.4. The van der Waals surface area contributed by atoms with Gasteiger partial charge in [-0.3, -0.25) is 0 Å². The molecular formula is C22H22F2N5O2S+. The van der Waals surface area contributed by atoms with Crippen LogP contribution >= 0.6 is 0 Å². The van der Waals surface area contributed by atoms with E-state index in [-0.39, 0.29) is 23.6 Å². The highest BCUT2D eigenvalue weighted by Crippen LogP contribution is 2.36. The van der Waals surface area contributed by atoms with Crippen LogP contribution in [0.4, 0.5) is 14.5 Å². The van der Waals surface area contributed by atoms with Crippen LogP contribution in [0.25, 0.3) is 11.6 Å². The van der Waals surface area contributed by atoms with E-state index in [1.807, 2.05) is 11.8 Å². The summed E-state index contributed by atoms with van der Waals surface area (Å²) in [6.07, 6.45) is 6.06. The van der Waals surface area contributed by atoms with Crippen molar-refractivity contribution in [2.45, 2.75) is 38.0 Å². The average molecular weight is 459 g/mol. The minimum absolute atomic E-state index is 0.132. The minimum Gasteiger partial charge on any atom is -0.490 e. The van der Waals surface area contributed by atoms with Crippen molar-refractivity contribution >= 4 is 17.4 Å². The molecule has 0 fully saturated rings. The summed E-state index contributed by atoms with van der Waals surface area (Å²) >= 11 is 0.461. The van der Waals surface area contributed by atoms with Crippen molar-refractivity contribution in [3.63, 3.8) is 0 Å². The van der Waals surface area contributed by atoms with Gasteiger partial charge in [-0.25, -0.2) is 24.3 Å². The van der Waals surface area contributed by atoms with Crippen LogP contribution in [0, 0.1) is 11.6 Å². The molecule has 2 atom stereocenters. The third kappa shape index (κ3) is 4.55. The summed E-state index contributed by atoms with van der Waals surface area (Å²) in [5.74, 6) is -1.25. The van der Waals surface area contributed by atoms with Gasteiger partial charge in [-0.15, -0.1) is 0 Å². The van der Waals surface area contributed by atoms with Crippen LogP contribution in [-0.2, 0) is 22.3 Å². The number of hydrogen-bond acceptors (Lipinski definition) is 7. The molecule has 1 aromatic carbocycles. The van der Waals surface area contributed by atoms with Crippen LogP contribution < -0.4 is 9.64 Å². The molecule has 0 N–H and O–H groups in total. The summed E-state index contributed by atoms with van der Waals surface area (Å²) in [6, 6.07) is 4.25. The molecule has 2 aromatic heterocycles. The Morgan fingerprint density at radius 1 is 1.22 bits per heavy atom. The zero-order valence-electron chi connectivity index (χ0n) is 17.7. The predicted octanol–water partition coefficient (Wildman–Crippen LogP) is 3.92. The SMILES string of the molecule is CC(CCOc1cc(N2CCc3nc(-c4ncccn4)ncc3C2C)cc(F)c1F)[S+]=O. The van der Waals surface area contributed by atoms with Gasteiger partial charge < -0.3 is 9.64 Å². The smallest absolute Gasteiger partial charge is 0.461 e. The zero-order valence-corrected chi connectivity index (χ0v) is 18.5. The van der Waals surface area contributed by atoms with Crippen LogP contribution in [0.3, 0.4) is 0 Å². The fourth-order valence-corrected chi connectivity index (χ4v) is 3.84. The second-order valence-electron chi connectivity index (χ2n) is 7.57. The molecule has 32 heavy (non-hydrogen) atoms. The van der Waals surface area contributed by atoms with Crippen molar-refractivity contribution in [2.75, 3.05) is 18.1 Å². The molecule has 166 valence electrons. The molecule has 2 unspecified atom stereocenters. The van der Waals surface area contributed by atoms with Crippen molar-refractivity contribution in [3.05, 3.63) is 59.7 Å². The molecule has 0 saturated heterocycles. The summed E-state index contributed by atoms with van der Waals surface area (Å²) < 4.78 is 44.9. The topological polar surface area (TPSA) is 81.1 Å². The molecule has 7 nitrogen and oxygen atoms in total. The quantitative estimate of drug-likeness (QED) is 0.497. The molecule has 0 aliphatic carbocycles. The van der Waals surface area contributed by atoms with Gasteiger partial charge in [0.2, 0.25) is 11.1 Å². The van der Waals surface area contributed by atoms with Gasteiger partial charge in [0.25, 0.3) is 0 Å². The van der Waals surface area contributed by atoms with Gasteiger partial charge in [0, 0.05) is 65.6 Å². The molecule has 10 heteroatoms. The van der Waals surface area contributed by atoms with Gasteiger partial charge in [0.1, 0.15) is 0 Å². The lowest BCUT2D eigenvalue weighted by atomic mass is 9.98. The number of halogens is 2. The number of nitrogens with zero attached hydrogens (tertiary/aromatic N) is 5. The lowest BCUT2D eigenvalue weighted by Crippen LogP contribution is -2.35. The van der Waals surface area contributed by atoms with Crippen molar-refractivity contribution in [2.24, 2.45) is 0 Å². The van der Waals surface area contributed by atoms with E-state index in [4.69, 9.17) is 4.74 Å². The third-order valence-corrected chi connectivity index (χ3v) is 5.99. The van der Waals surface area contributed by atoms with Crippen molar-refractivity contribution in [1.29, 1.82) is 0 Å². The first-order chi connectivity index (χ1) is 15.5. The van der Waals surface area contributed by atoms with Gasteiger partial charge in [-0.2, -0.15) is 4.39 Å². The van der Waals surface area contributed by atoms with Crippen LogP contribution in [-0.4, -0.2) is 38.3 Å². The molecule has 0 spiro atoms. The largest absolute Gasteiger partial charge is 0.490 e. The molecule has 0 radical (unpaired) electrons. The monoisotopic (exact) mass is 458 g/mol. The van der Waals surface area contributed by atoms with Crippen molar-refractivity contribution in [1.82, 2.24) is 19.9 Å². The third-order valence-electron chi connectivity index (χ3n) is 5.43. The summed E-state index contributed by atoms with van der Waals surface area (Å²) in [5, 5.41) is -0.170. The minimum atomic E-state index is -1.03. The van der Waals surface area contributed by atoms with Gasteiger partial charge in [-0.05, 0) is 19.9 Å². The second kappa shape index (κ2) is 9.56. The van der Waals surface area contributed by atoms with Crippen molar-refractivity contribution in [3.8, 4) is 17.4 Å². The predicted molar refractivity (Wildman–Crippen MR) is 117 cm³/mol. The Hall–Kier alpha value is -3.14. The number of benzene rings is 1. The number of aromatic nitrogens is 4. The fourth-order valence-electron chi connectivity index (χ4n) is 3.64. The van der Waals surface area contributed by atoms with Gasteiger partial charge in [0.05, 0.1) is 18.3 Å². The molecular weight excluding hydrogens is 436 g/mol. The molecule has 4 rings (SSSR count). The maximum absolute atomic E-state index is 14.3. The summed E-state index contributed by atoms with van der Waals surface area (Å²) in [6.45, 7) is 4.43. The van der Waals surface area contributed by atoms with Crippen LogP contribution in [0.5, 0.6) is 5.75 Å². The fraction of sp³-hybridized carbons (Fsp3) is 0.364. The van der Waals surface area contributed by atoms with Crippen LogP contribution in [0.15, 0.2) is 36.8 Å². The highest BCUT2D eigenvalue weighted by Gasteiger charge is 2.28. The molecule has 3 aromatic rings. The van der Waals surface area contributed by atoms with Crippen LogP contribution in [0.1, 0.15) is 37.6 Å². The Bertz CT molecular complexity index is 1120. The van der Waals surface area contributed by atoms with E-state index < -0.39 is 11.6 Å². The first kappa shape index (κ1) is 22.1. The Kier molecular flexibility index (Phi) is 6.59. The Morgan fingerprint density at radius 2 is 2.00 bits per heavy atom. The average Bonchev–Trinajstić information content (AvgIpc) is 2.82. The first-order valence-corrected chi connectivity index (χ1v) is 11.1. The highest BCUT2D eigenvalue weighted by molar-refractivity contribution is 7.66. The maximum atomic E-state index is 14.3. The van der Waals surface area contributed by atoms with E-state index >= 15 is 0 Å². The maximum Gasteiger partial charge on any atom is 0.461 e. The Morgan fingerprint density at radius 3 is 2.75 bits per heavy atom. The molecule has 1 aliphatic rings. The standard InChI is InChI=1S/C22H22F2N5O2S/c1-13(32-30)5-9-31-19-11-15(10-17(23)20(19)24)29-8-4-18-16(14(29)2)12-27-22(28-18)21-25-6-3-7-26-21/h3,6-7,10-14H,4-5,8-9H2,1-2H3/q+1. The lowest BCUT2D eigenvalue weighted by Gasteiger charge is -2.36. The van der Waals surface area contributed by atoms with E-state index in [9.17, 15) is 13.0 Å².